The molecular weight excluding hydrogens is 452 g/mol. The fourth-order valence-electron chi connectivity index (χ4n) is 4.02. The number of carbonyl (C=O) groups is 2. The van der Waals surface area contributed by atoms with Crippen LogP contribution in [0.15, 0.2) is 60.8 Å². The molecule has 8 heteroatoms. The maximum Gasteiger partial charge on any atom is 0.223 e. The van der Waals surface area contributed by atoms with Crippen molar-refractivity contribution in [1.82, 2.24) is 19.6 Å². The number of halogens is 1. The molecule has 7 nitrogen and oxygen atoms in total. The summed E-state index contributed by atoms with van der Waals surface area (Å²) in [4.78, 5) is 28.6. The first kappa shape index (κ1) is 24.0. The molecule has 4 rings (SSSR count). The van der Waals surface area contributed by atoms with Crippen LogP contribution in [0.4, 0.5) is 0 Å². The predicted molar refractivity (Wildman–Crippen MR) is 131 cm³/mol. The van der Waals surface area contributed by atoms with Crippen LogP contribution in [0.2, 0.25) is 5.02 Å². The second kappa shape index (κ2) is 11.3. The molecule has 0 radical (unpaired) electrons. The summed E-state index contributed by atoms with van der Waals surface area (Å²) in [5, 5.41) is 5.50. The number of ether oxygens (including phenoxy) is 1. The lowest BCUT2D eigenvalue weighted by Gasteiger charge is -2.27. The van der Waals surface area contributed by atoms with E-state index in [1.807, 2.05) is 65.5 Å². The van der Waals surface area contributed by atoms with Gasteiger partial charge in [-0.3, -0.25) is 14.3 Å². The maximum absolute atomic E-state index is 12.8. The van der Waals surface area contributed by atoms with Gasteiger partial charge in [0.1, 0.15) is 0 Å². The fraction of sp³-hybridized carbons (Fsp3) is 0.346. The van der Waals surface area contributed by atoms with Crippen molar-refractivity contribution in [3.63, 3.8) is 0 Å². The van der Waals surface area contributed by atoms with Crippen LogP contribution in [0.3, 0.4) is 0 Å². The van der Waals surface area contributed by atoms with Gasteiger partial charge in [-0.25, -0.2) is 0 Å². The summed E-state index contributed by atoms with van der Waals surface area (Å²) in [7, 11) is 1.77. The number of amides is 2. The van der Waals surface area contributed by atoms with Crippen LogP contribution in [0.5, 0.6) is 0 Å². The van der Waals surface area contributed by atoms with Crippen LogP contribution in [0, 0.1) is 0 Å². The Morgan fingerprint density at radius 3 is 2.44 bits per heavy atom. The van der Waals surface area contributed by atoms with Gasteiger partial charge in [0.25, 0.3) is 0 Å². The van der Waals surface area contributed by atoms with E-state index < -0.39 is 0 Å². The lowest BCUT2D eigenvalue weighted by atomic mass is 10.1. The predicted octanol–water partition coefficient (Wildman–Crippen LogP) is 3.85. The number of nitrogens with zero attached hydrogens (tertiary/aromatic N) is 4. The zero-order valence-corrected chi connectivity index (χ0v) is 20.1. The Bertz CT molecular complexity index is 1130. The van der Waals surface area contributed by atoms with E-state index in [1.165, 1.54) is 0 Å². The summed E-state index contributed by atoms with van der Waals surface area (Å²) in [6.45, 7) is 3.23. The van der Waals surface area contributed by atoms with Gasteiger partial charge in [0, 0.05) is 61.9 Å². The fourth-order valence-corrected chi connectivity index (χ4v) is 4.21. The van der Waals surface area contributed by atoms with E-state index in [0.717, 1.165) is 22.4 Å². The quantitative estimate of drug-likeness (QED) is 0.491. The largest absolute Gasteiger partial charge is 0.378 e. The van der Waals surface area contributed by atoms with Crippen molar-refractivity contribution in [2.24, 2.45) is 0 Å². The van der Waals surface area contributed by atoms with Gasteiger partial charge in [0.05, 0.1) is 25.5 Å². The molecule has 2 aromatic carbocycles. The number of hydrogen-bond donors (Lipinski definition) is 0. The highest BCUT2D eigenvalue weighted by molar-refractivity contribution is 6.31. The van der Waals surface area contributed by atoms with Crippen molar-refractivity contribution in [2.75, 3.05) is 33.4 Å². The van der Waals surface area contributed by atoms with Crippen molar-refractivity contribution in [3.05, 3.63) is 76.9 Å². The summed E-state index contributed by atoms with van der Waals surface area (Å²) in [5.74, 6) is -0.0675. The van der Waals surface area contributed by atoms with Crippen molar-refractivity contribution in [3.8, 4) is 11.3 Å². The molecule has 1 aliphatic heterocycles. The van der Waals surface area contributed by atoms with Crippen molar-refractivity contribution in [2.45, 2.75) is 25.9 Å². The lowest BCUT2D eigenvalue weighted by molar-refractivity contribution is -0.139. The molecule has 1 saturated heterocycles. The third kappa shape index (κ3) is 6.04. The third-order valence-electron chi connectivity index (χ3n) is 5.92. The average molecular weight is 481 g/mol. The van der Waals surface area contributed by atoms with E-state index in [4.69, 9.17) is 21.4 Å². The van der Waals surface area contributed by atoms with Gasteiger partial charge in [-0.1, -0.05) is 60.1 Å². The highest BCUT2D eigenvalue weighted by Gasteiger charge is 2.20. The van der Waals surface area contributed by atoms with E-state index in [1.54, 1.807) is 16.8 Å². The molecule has 0 N–H and O–H groups in total. The van der Waals surface area contributed by atoms with E-state index in [0.29, 0.717) is 44.4 Å². The molecule has 34 heavy (non-hydrogen) atoms. The molecule has 2 heterocycles. The number of morpholine rings is 1. The molecular formula is C26H29ClN4O3. The van der Waals surface area contributed by atoms with E-state index in [2.05, 4.69) is 0 Å². The molecule has 0 spiro atoms. The second-order valence-electron chi connectivity index (χ2n) is 8.40. The molecule has 178 valence electrons. The zero-order chi connectivity index (χ0) is 23.9. The van der Waals surface area contributed by atoms with Crippen LogP contribution < -0.4 is 0 Å². The van der Waals surface area contributed by atoms with Gasteiger partial charge in [-0.2, -0.15) is 5.10 Å². The summed E-state index contributed by atoms with van der Waals surface area (Å²) < 4.78 is 7.15. The van der Waals surface area contributed by atoms with E-state index >= 15 is 0 Å². The first-order valence-corrected chi connectivity index (χ1v) is 11.8. The molecule has 1 fully saturated rings. The molecule has 0 bridgehead atoms. The van der Waals surface area contributed by atoms with Gasteiger partial charge >= 0.3 is 0 Å². The highest BCUT2D eigenvalue weighted by atomic mass is 35.5. The smallest absolute Gasteiger partial charge is 0.223 e. The second-order valence-corrected chi connectivity index (χ2v) is 8.81. The maximum atomic E-state index is 12.8. The van der Waals surface area contributed by atoms with E-state index in [-0.39, 0.29) is 24.7 Å². The van der Waals surface area contributed by atoms with Crippen LogP contribution in [-0.2, 0) is 27.4 Å². The Morgan fingerprint density at radius 2 is 1.71 bits per heavy atom. The van der Waals surface area contributed by atoms with Crippen LogP contribution >= 0.6 is 11.6 Å². The molecule has 0 aliphatic carbocycles. The third-order valence-corrected chi connectivity index (χ3v) is 6.29. The van der Waals surface area contributed by atoms with Gasteiger partial charge in [0.15, 0.2) is 0 Å². The summed E-state index contributed by atoms with van der Waals surface area (Å²) in [5.41, 5.74) is 3.73. The Labute approximate surface area is 204 Å². The Hall–Kier alpha value is -3.16. The van der Waals surface area contributed by atoms with Gasteiger partial charge in [-0.05, 0) is 11.6 Å². The molecule has 1 aliphatic rings. The molecule has 1 aromatic heterocycles. The molecule has 0 saturated carbocycles. The standard InChI is InChI=1S/C26H29ClN4O3/c1-29(24(32)11-12-25(33)30-13-15-34-16-14-30)17-22-19-31(18-21-9-5-6-10-23(21)27)28-26(22)20-7-3-2-4-8-20/h2-10,19H,11-18H2,1H3. The summed E-state index contributed by atoms with van der Waals surface area (Å²) in [6, 6.07) is 17.6. The van der Waals surface area contributed by atoms with E-state index in [9.17, 15) is 9.59 Å². The highest BCUT2D eigenvalue weighted by Crippen LogP contribution is 2.25. The number of aromatic nitrogens is 2. The van der Waals surface area contributed by atoms with Gasteiger partial charge in [0.2, 0.25) is 11.8 Å². The SMILES string of the molecule is CN(Cc1cn(Cc2ccccc2Cl)nc1-c1ccccc1)C(=O)CCC(=O)N1CCOCC1. The molecule has 3 aromatic rings. The van der Waals surface area contributed by atoms with Crippen LogP contribution in [-0.4, -0.2) is 64.7 Å². The average Bonchev–Trinajstić information content (AvgIpc) is 3.26. The minimum Gasteiger partial charge on any atom is -0.378 e. The Balaban J connectivity index is 1.46. The topological polar surface area (TPSA) is 67.7 Å². The number of hydrogen-bond acceptors (Lipinski definition) is 4. The van der Waals surface area contributed by atoms with Crippen LogP contribution in [0.1, 0.15) is 24.0 Å². The lowest BCUT2D eigenvalue weighted by Crippen LogP contribution is -2.41. The van der Waals surface area contributed by atoms with Crippen molar-refractivity contribution < 1.29 is 14.3 Å². The Morgan fingerprint density at radius 1 is 1.00 bits per heavy atom. The zero-order valence-electron chi connectivity index (χ0n) is 19.3. The monoisotopic (exact) mass is 480 g/mol. The molecule has 0 unspecified atom stereocenters. The number of rotatable bonds is 8. The minimum atomic E-state index is -0.0699. The van der Waals surface area contributed by atoms with Gasteiger partial charge < -0.3 is 14.5 Å². The molecule has 2 amide bonds. The van der Waals surface area contributed by atoms with Gasteiger partial charge in [-0.15, -0.1) is 0 Å². The molecule has 0 atom stereocenters. The number of carbonyl (C=O) groups excluding carboxylic acids is 2. The summed E-state index contributed by atoms with van der Waals surface area (Å²) in [6.07, 6.45) is 2.36. The first-order valence-electron chi connectivity index (χ1n) is 11.5. The first-order chi connectivity index (χ1) is 16.5. The van der Waals surface area contributed by atoms with Crippen molar-refractivity contribution in [1.29, 1.82) is 0 Å². The minimum absolute atomic E-state index is 0.00239. The summed E-state index contributed by atoms with van der Waals surface area (Å²) >= 11 is 6.35. The number of benzene rings is 2. The van der Waals surface area contributed by atoms with Crippen molar-refractivity contribution >= 4 is 23.4 Å². The van der Waals surface area contributed by atoms with Crippen LogP contribution in [0.25, 0.3) is 11.3 Å². The normalized spacial score (nSPS) is 13.6. The Kier molecular flexibility index (Phi) is 7.98.